The van der Waals surface area contributed by atoms with Gasteiger partial charge in [-0.2, -0.15) is 0 Å². The van der Waals surface area contributed by atoms with E-state index < -0.39 is 17.5 Å². The van der Waals surface area contributed by atoms with Crippen LogP contribution in [-0.2, 0) is 4.74 Å². The first-order valence-corrected chi connectivity index (χ1v) is 6.66. The number of morpholine rings is 1. The van der Waals surface area contributed by atoms with E-state index in [-0.39, 0.29) is 11.7 Å². The third-order valence-electron chi connectivity index (χ3n) is 2.76. The molecule has 1 amide bonds. The number of rotatable bonds is 2. The highest BCUT2D eigenvalue weighted by molar-refractivity contribution is 9.09. The lowest BCUT2D eigenvalue weighted by Gasteiger charge is -2.32. The molecule has 1 unspecified atom stereocenters. The second-order valence-electron chi connectivity index (χ2n) is 4.02. The van der Waals surface area contributed by atoms with Crippen LogP contribution in [0.3, 0.4) is 0 Å². The molecule has 0 spiro atoms. The normalized spacial score (nSPS) is 19.9. The molecule has 1 aromatic rings. The fourth-order valence-electron chi connectivity index (χ4n) is 1.83. The summed E-state index contributed by atoms with van der Waals surface area (Å²) >= 11 is 3.27. The Hall–Kier alpha value is -1.01. The highest BCUT2D eigenvalue weighted by Gasteiger charge is 2.26. The van der Waals surface area contributed by atoms with Crippen molar-refractivity contribution in [3.05, 3.63) is 35.4 Å². The molecule has 0 N–H and O–H groups in total. The van der Waals surface area contributed by atoms with Crippen LogP contribution in [-0.4, -0.2) is 41.9 Å². The van der Waals surface area contributed by atoms with Crippen LogP contribution in [0.15, 0.2) is 18.2 Å². The zero-order valence-corrected chi connectivity index (χ0v) is 11.1. The molecule has 2 rings (SSSR count). The summed E-state index contributed by atoms with van der Waals surface area (Å²) in [6.45, 7) is 1.16. The fraction of sp³-hybridized carbons (Fsp3) is 0.417. The number of amides is 1. The molecule has 18 heavy (non-hydrogen) atoms. The number of nitrogens with zero attached hydrogens (tertiary/aromatic N) is 1. The molecule has 1 heterocycles. The summed E-state index contributed by atoms with van der Waals surface area (Å²) in [5, 5.41) is 0.600. The van der Waals surface area contributed by atoms with Gasteiger partial charge in [0.1, 0.15) is 11.6 Å². The summed E-state index contributed by atoms with van der Waals surface area (Å²) in [5.41, 5.74) is -0.231. The fourth-order valence-corrected chi connectivity index (χ4v) is 2.22. The van der Waals surface area contributed by atoms with Crippen LogP contribution in [0, 0.1) is 11.6 Å². The molecule has 0 aromatic heterocycles. The third kappa shape index (κ3) is 2.87. The number of carbonyl (C=O) groups excluding carboxylic acids is 1. The van der Waals surface area contributed by atoms with E-state index in [0.29, 0.717) is 25.0 Å². The standard InChI is InChI=1S/C12H12BrF2NO2/c13-6-9-7-16(3-4-18-9)12(17)10-5-8(14)1-2-11(10)15/h1-2,5,9H,3-4,6-7H2. The highest BCUT2D eigenvalue weighted by Crippen LogP contribution is 2.15. The average molecular weight is 320 g/mol. The number of halogens is 3. The van der Waals surface area contributed by atoms with Gasteiger partial charge in [-0.25, -0.2) is 8.78 Å². The van der Waals surface area contributed by atoms with Crippen LogP contribution < -0.4 is 0 Å². The van der Waals surface area contributed by atoms with Gasteiger partial charge < -0.3 is 9.64 Å². The van der Waals surface area contributed by atoms with Crippen LogP contribution in [0.4, 0.5) is 8.78 Å². The summed E-state index contributed by atoms with van der Waals surface area (Å²) in [4.78, 5) is 13.6. The first kappa shape index (κ1) is 13.4. The predicted molar refractivity (Wildman–Crippen MR) is 65.8 cm³/mol. The molecule has 0 bridgehead atoms. The van der Waals surface area contributed by atoms with Crippen molar-refractivity contribution >= 4 is 21.8 Å². The van der Waals surface area contributed by atoms with Gasteiger partial charge in [-0.3, -0.25) is 4.79 Å². The van der Waals surface area contributed by atoms with Crippen molar-refractivity contribution in [3.8, 4) is 0 Å². The van der Waals surface area contributed by atoms with Gasteiger partial charge in [0.05, 0.1) is 18.3 Å². The summed E-state index contributed by atoms with van der Waals surface area (Å²) in [7, 11) is 0. The van der Waals surface area contributed by atoms with E-state index in [4.69, 9.17) is 4.74 Å². The van der Waals surface area contributed by atoms with Gasteiger partial charge in [-0.05, 0) is 18.2 Å². The van der Waals surface area contributed by atoms with Crippen LogP contribution >= 0.6 is 15.9 Å². The van der Waals surface area contributed by atoms with Crippen molar-refractivity contribution in [2.75, 3.05) is 25.0 Å². The molecule has 0 radical (unpaired) electrons. The zero-order chi connectivity index (χ0) is 13.1. The topological polar surface area (TPSA) is 29.5 Å². The van der Waals surface area contributed by atoms with E-state index >= 15 is 0 Å². The molecule has 0 aliphatic carbocycles. The lowest BCUT2D eigenvalue weighted by molar-refractivity contribution is -0.00983. The second kappa shape index (κ2) is 5.75. The lowest BCUT2D eigenvalue weighted by atomic mass is 10.1. The van der Waals surface area contributed by atoms with Crippen molar-refractivity contribution in [2.24, 2.45) is 0 Å². The minimum absolute atomic E-state index is 0.112. The Kier molecular flexibility index (Phi) is 4.29. The second-order valence-corrected chi connectivity index (χ2v) is 4.67. The largest absolute Gasteiger partial charge is 0.374 e. The predicted octanol–water partition coefficient (Wildman–Crippen LogP) is 2.20. The Labute approximate surface area is 112 Å². The molecule has 98 valence electrons. The summed E-state index contributed by atoms with van der Waals surface area (Å²) in [6.07, 6.45) is -0.112. The van der Waals surface area contributed by atoms with E-state index in [2.05, 4.69) is 15.9 Å². The van der Waals surface area contributed by atoms with E-state index in [9.17, 15) is 13.6 Å². The molecule has 1 atom stereocenters. The number of benzene rings is 1. The molecule has 3 nitrogen and oxygen atoms in total. The summed E-state index contributed by atoms with van der Waals surface area (Å²) in [6, 6.07) is 2.88. The molecule has 1 saturated heterocycles. The Bertz CT molecular complexity index is 456. The van der Waals surface area contributed by atoms with Gasteiger partial charge >= 0.3 is 0 Å². The molecule has 0 saturated carbocycles. The maximum Gasteiger partial charge on any atom is 0.257 e. The maximum absolute atomic E-state index is 13.5. The third-order valence-corrected chi connectivity index (χ3v) is 3.48. The van der Waals surface area contributed by atoms with Crippen molar-refractivity contribution in [1.82, 2.24) is 4.90 Å². The minimum Gasteiger partial charge on any atom is -0.374 e. The van der Waals surface area contributed by atoms with E-state index in [1.807, 2.05) is 0 Å². The Morgan fingerprint density at radius 1 is 1.50 bits per heavy atom. The Balaban J connectivity index is 2.17. The van der Waals surface area contributed by atoms with Crippen LogP contribution in [0.2, 0.25) is 0 Å². The van der Waals surface area contributed by atoms with Crippen LogP contribution in [0.25, 0.3) is 0 Å². The first-order valence-electron chi connectivity index (χ1n) is 5.53. The van der Waals surface area contributed by atoms with Crippen molar-refractivity contribution in [3.63, 3.8) is 0 Å². The van der Waals surface area contributed by atoms with Crippen molar-refractivity contribution in [2.45, 2.75) is 6.10 Å². The quantitative estimate of drug-likeness (QED) is 0.782. The van der Waals surface area contributed by atoms with Gasteiger partial charge in [0, 0.05) is 18.4 Å². The number of carbonyl (C=O) groups is 1. The van der Waals surface area contributed by atoms with E-state index in [1.54, 1.807) is 0 Å². The SMILES string of the molecule is O=C(c1cc(F)ccc1F)N1CCOC(CBr)C1. The van der Waals surface area contributed by atoms with Gasteiger partial charge in [-0.15, -0.1) is 0 Å². The summed E-state index contributed by atoms with van der Waals surface area (Å²) in [5.74, 6) is -1.82. The van der Waals surface area contributed by atoms with Crippen molar-refractivity contribution < 1.29 is 18.3 Å². The number of ether oxygens (including phenoxy) is 1. The summed E-state index contributed by atoms with van der Waals surface area (Å²) < 4.78 is 31.9. The zero-order valence-electron chi connectivity index (χ0n) is 9.54. The Morgan fingerprint density at radius 2 is 2.28 bits per heavy atom. The molecule has 1 aromatic carbocycles. The monoisotopic (exact) mass is 319 g/mol. The minimum atomic E-state index is -0.705. The number of hydrogen-bond donors (Lipinski definition) is 0. The van der Waals surface area contributed by atoms with Gasteiger partial charge in [0.15, 0.2) is 0 Å². The number of alkyl halides is 1. The van der Waals surface area contributed by atoms with Crippen LogP contribution in [0.5, 0.6) is 0 Å². The van der Waals surface area contributed by atoms with E-state index in [1.165, 1.54) is 4.90 Å². The van der Waals surface area contributed by atoms with E-state index in [0.717, 1.165) is 18.2 Å². The first-order chi connectivity index (χ1) is 8.61. The lowest BCUT2D eigenvalue weighted by Crippen LogP contribution is -2.46. The van der Waals surface area contributed by atoms with Gasteiger partial charge in [0.2, 0.25) is 0 Å². The highest BCUT2D eigenvalue weighted by atomic mass is 79.9. The molecule has 1 fully saturated rings. The molecular weight excluding hydrogens is 308 g/mol. The smallest absolute Gasteiger partial charge is 0.257 e. The molecule has 1 aliphatic heterocycles. The molecular formula is C12H12BrF2NO2. The molecule has 1 aliphatic rings. The van der Waals surface area contributed by atoms with Gasteiger partial charge in [0.25, 0.3) is 5.91 Å². The van der Waals surface area contributed by atoms with Crippen LogP contribution in [0.1, 0.15) is 10.4 Å². The van der Waals surface area contributed by atoms with Gasteiger partial charge in [-0.1, -0.05) is 15.9 Å². The van der Waals surface area contributed by atoms with Crippen molar-refractivity contribution in [1.29, 1.82) is 0 Å². The number of hydrogen-bond acceptors (Lipinski definition) is 2. The maximum atomic E-state index is 13.5. The molecule has 6 heteroatoms. The average Bonchev–Trinajstić information content (AvgIpc) is 2.41. The Morgan fingerprint density at radius 3 is 3.00 bits per heavy atom.